The Balaban J connectivity index is 1.71. The normalized spacial score (nSPS) is 21.4. The zero-order valence-corrected chi connectivity index (χ0v) is 19.2. The van der Waals surface area contributed by atoms with Gasteiger partial charge >= 0.3 is 11.9 Å². The summed E-state index contributed by atoms with van der Waals surface area (Å²) in [6.07, 6.45) is 1.77. The van der Waals surface area contributed by atoms with Gasteiger partial charge in [-0.1, -0.05) is 38.1 Å². The van der Waals surface area contributed by atoms with Gasteiger partial charge in [0.2, 0.25) is 0 Å². The standard InChI is InChI=1S/C27H30O4/c1-15-9-7-11-21(17(15)3)30-25(28)23-19-13-14-20(27(19,5)6)24(23)26(29)31-22-12-8-10-16(2)18(22)4/h7-12,19-20H,13-14H2,1-6H3. The van der Waals surface area contributed by atoms with E-state index in [9.17, 15) is 9.59 Å². The molecule has 0 aliphatic heterocycles. The van der Waals surface area contributed by atoms with Crippen LogP contribution in [0.5, 0.6) is 11.5 Å². The van der Waals surface area contributed by atoms with Crippen LogP contribution in [0.4, 0.5) is 0 Å². The van der Waals surface area contributed by atoms with Gasteiger partial charge in [-0.15, -0.1) is 0 Å². The molecule has 0 N–H and O–H groups in total. The molecule has 2 aromatic rings. The molecule has 4 heteroatoms. The third kappa shape index (κ3) is 3.48. The number of hydrogen-bond donors (Lipinski definition) is 0. The van der Waals surface area contributed by atoms with E-state index in [0.29, 0.717) is 22.6 Å². The summed E-state index contributed by atoms with van der Waals surface area (Å²) in [5.41, 5.74) is 4.79. The van der Waals surface area contributed by atoms with Crippen LogP contribution < -0.4 is 9.47 Å². The topological polar surface area (TPSA) is 52.6 Å². The number of benzene rings is 2. The minimum Gasteiger partial charge on any atom is -0.423 e. The van der Waals surface area contributed by atoms with E-state index < -0.39 is 11.9 Å². The van der Waals surface area contributed by atoms with Gasteiger partial charge < -0.3 is 9.47 Å². The molecule has 0 saturated heterocycles. The molecule has 2 aliphatic carbocycles. The number of ether oxygens (including phenoxy) is 2. The summed E-state index contributed by atoms with van der Waals surface area (Å²) in [4.78, 5) is 26.7. The minimum absolute atomic E-state index is 0.00345. The molecule has 0 radical (unpaired) electrons. The zero-order chi connectivity index (χ0) is 22.5. The molecule has 2 aliphatic rings. The Morgan fingerprint density at radius 1 is 0.742 bits per heavy atom. The van der Waals surface area contributed by atoms with Gasteiger partial charge in [-0.2, -0.15) is 0 Å². The second kappa shape index (κ2) is 7.67. The molecule has 2 atom stereocenters. The number of rotatable bonds is 4. The highest BCUT2D eigenvalue weighted by Gasteiger charge is 2.57. The van der Waals surface area contributed by atoms with E-state index in [1.54, 1.807) is 12.1 Å². The van der Waals surface area contributed by atoms with Gasteiger partial charge in [0.15, 0.2) is 0 Å². The first kappa shape index (κ1) is 21.4. The highest BCUT2D eigenvalue weighted by Crippen LogP contribution is 2.60. The number of carbonyl (C=O) groups is 2. The maximum Gasteiger partial charge on any atom is 0.340 e. The fourth-order valence-corrected chi connectivity index (χ4v) is 5.21. The predicted octanol–water partition coefficient (Wildman–Crippen LogP) is 5.79. The lowest BCUT2D eigenvalue weighted by Gasteiger charge is -2.25. The lowest BCUT2D eigenvalue weighted by Crippen LogP contribution is -2.24. The Labute approximate surface area is 184 Å². The van der Waals surface area contributed by atoms with Crippen molar-refractivity contribution in [2.45, 2.75) is 54.4 Å². The summed E-state index contributed by atoms with van der Waals surface area (Å²) < 4.78 is 11.6. The van der Waals surface area contributed by atoms with Crippen LogP contribution in [0.1, 0.15) is 48.9 Å². The smallest absolute Gasteiger partial charge is 0.340 e. The molecule has 2 unspecified atom stereocenters. The van der Waals surface area contributed by atoms with E-state index in [-0.39, 0.29) is 17.3 Å². The van der Waals surface area contributed by atoms with Crippen molar-refractivity contribution >= 4 is 11.9 Å². The van der Waals surface area contributed by atoms with Crippen LogP contribution in [0.2, 0.25) is 0 Å². The highest BCUT2D eigenvalue weighted by atomic mass is 16.5. The van der Waals surface area contributed by atoms with E-state index in [4.69, 9.17) is 9.47 Å². The molecule has 1 fully saturated rings. The monoisotopic (exact) mass is 418 g/mol. The Morgan fingerprint density at radius 3 is 1.52 bits per heavy atom. The van der Waals surface area contributed by atoms with E-state index in [0.717, 1.165) is 35.1 Å². The van der Waals surface area contributed by atoms with Crippen molar-refractivity contribution in [3.8, 4) is 11.5 Å². The summed E-state index contributed by atoms with van der Waals surface area (Å²) in [6, 6.07) is 11.3. The zero-order valence-electron chi connectivity index (χ0n) is 19.2. The van der Waals surface area contributed by atoms with Gasteiger partial charge in [0.1, 0.15) is 11.5 Å². The van der Waals surface area contributed by atoms with E-state index in [2.05, 4.69) is 13.8 Å². The van der Waals surface area contributed by atoms with Gasteiger partial charge in [-0.3, -0.25) is 0 Å². The molecule has 4 rings (SSSR count). The third-order valence-electron chi connectivity index (χ3n) is 7.48. The average molecular weight is 419 g/mol. The molecule has 0 heterocycles. The molecular weight excluding hydrogens is 388 g/mol. The number of aryl methyl sites for hydroxylation is 2. The van der Waals surface area contributed by atoms with E-state index in [1.807, 2.05) is 52.0 Å². The van der Waals surface area contributed by atoms with Gasteiger partial charge in [-0.05, 0) is 92.2 Å². The fraction of sp³-hybridized carbons (Fsp3) is 0.407. The second-order valence-electron chi connectivity index (χ2n) is 9.51. The number of esters is 2. The van der Waals surface area contributed by atoms with Gasteiger partial charge in [0.25, 0.3) is 0 Å². The fourth-order valence-electron chi connectivity index (χ4n) is 5.21. The third-order valence-corrected chi connectivity index (χ3v) is 7.48. The van der Waals surface area contributed by atoms with Gasteiger partial charge in [0, 0.05) is 0 Å². The average Bonchev–Trinajstić information content (AvgIpc) is 3.14. The minimum atomic E-state index is -0.429. The summed E-state index contributed by atoms with van der Waals surface area (Å²) >= 11 is 0. The van der Waals surface area contributed by atoms with Crippen LogP contribution in [0.25, 0.3) is 0 Å². The molecule has 1 saturated carbocycles. The largest absolute Gasteiger partial charge is 0.423 e. The Morgan fingerprint density at radius 2 is 1.13 bits per heavy atom. The summed E-state index contributed by atoms with van der Waals surface area (Å²) in [5, 5.41) is 0. The Bertz CT molecular complexity index is 1020. The van der Waals surface area contributed by atoms with E-state index in [1.165, 1.54) is 0 Å². The van der Waals surface area contributed by atoms with Crippen LogP contribution in [0.3, 0.4) is 0 Å². The second-order valence-corrected chi connectivity index (χ2v) is 9.51. The number of hydrogen-bond acceptors (Lipinski definition) is 4. The van der Waals surface area contributed by atoms with Gasteiger partial charge in [0.05, 0.1) is 11.1 Å². The molecule has 4 nitrogen and oxygen atoms in total. The van der Waals surface area contributed by atoms with Crippen LogP contribution in [-0.2, 0) is 9.59 Å². The van der Waals surface area contributed by atoms with Crippen molar-refractivity contribution in [2.75, 3.05) is 0 Å². The molecule has 2 bridgehead atoms. The van der Waals surface area contributed by atoms with Gasteiger partial charge in [-0.25, -0.2) is 9.59 Å². The first-order valence-corrected chi connectivity index (χ1v) is 10.9. The highest BCUT2D eigenvalue weighted by molar-refractivity contribution is 6.04. The summed E-state index contributed by atoms with van der Waals surface area (Å²) in [5.74, 6) is 0.219. The summed E-state index contributed by atoms with van der Waals surface area (Å²) in [7, 11) is 0. The lowest BCUT2D eigenvalue weighted by atomic mass is 9.79. The van der Waals surface area contributed by atoms with Crippen molar-refractivity contribution in [1.82, 2.24) is 0 Å². The molecule has 0 amide bonds. The summed E-state index contributed by atoms with van der Waals surface area (Å²) in [6.45, 7) is 12.1. The Hall–Kier alpha value is -2.88. The van der Waals surface area contributed by atoms with Crippen molar-refractivity contribution < 1.29 is 19.1 Å². The quantitative estimate of drug-likeness (QED) is 0.466. The van der Waals surface area contributed by atoms with Crippen LogP contribution >= 0.6 is 0 Å². The molecule has 162 valence electrons. The Kier molecular flexibility index (Phi) is 5.28. The molecule has 0 aromatic heterocycles. The first-order valence-electron chi connectivity index (χ1n) is 10.9. The number of carbonyl (C=O) groups excluding carboxylic acids is 2. The van der Waals surface area contributed by atoms with Crippen LogP contribution in [0, 0.1) is 44.9 Å². The SMILES string of the molecule is Cc1cccc(OC(=O)C2=C(C(=O)Oc3cccc(C)c3C)C3CCC2C3(C)C)c1C. The van der Waals surface area contributed by atoms with Crippen molar-refractivity contribution in [3.05, 3.63) is 69.8 Å². The molecular formula is C27H30O4. The number of fused-ring (bicyclic) bond motifs is 2. The van der Waals surface area contributed by atoms with Crippen molar-refractivity contribution in [3.63, 3.8) is 0 Å². The van der Waals surface area contributed by atoms with E-state index >= 15 is 0 Å². The molecule has 2 aromatic carbocycles. The lowest BCUT2D eigenvalue weighted by molar-refractivity contribution is -0.133. The molecule has 0 spiro atoms. The first-order chi connectivity index (χ1) is 14.6. The van der Waals surface area contributed by atoms with Crippen LogP contribution in [-0.4, -0.2) is 11.9 Å². The predicted molar refractivity (Wildman–Crippen MR) is 120 cm³/mol. The van der Waals surface area contributed by atoms with Crippen LogP contribution in [0.15, 0.2) is 47.5 Å². The van der Waals surface area contributed by atoms with Crippen molar-refractivity contribution in [1.29, 1.82) is 0 Å². The maximum atomic E-state index is 13.4. The maximum absolute atomic E-state index is 13.4. The molecule has 31 heavy (non-hydrogen) atoms. The van der Waals surface area contributed by atoms with Crippen molar-refractivity contribution in [2.24, 2.45) is 17.3 Å².